The lowest BCUT2D eigenvalue weighted by Gasteiger charge is -2.45. The van der Waals surface area contributed by atoms with Crippen LogP contribution in [0.3, 0.4) is 0 Å². The fraction of sp³-hybridized carbons (Fsp3) is 0.379. The molecule has 7 nitrogen and oxygen atoms in total. The predicted molar refractivity (Wildman–Crippen MR) is 167 cm³/mol. The van der Waals surface area contributed by atoms with Gasteiger partial charge >= 0.3 is 0 Å². The Balaban J connectivity index is 1.23. The van der Waals surface area contributed by atoms with Crippen molar-refractivity contribution in [3.63, 3.8) is 0 Å². The van der Waals surface area contributed by atoms with Crippen LogP contribution in [0.2, 0.25) is 10.0 Å². The maximum absolute atomic E-state index is 12.4. The van der Waals surface area contributed by atoms with Crippen LogP contribution < -0.4 is 15.8 Å². The topological polar surface area (TPSA) is 120 Å². The predicted octanol–water partition coefficient (Wildman–Crippen LogP) is 6.72. The van der Waals surface area contributed by atoms with Gasteiger partial charge in [0.2, 0.25) is 0 Å². The zero-order valence-electron chi connectivity index (χ0n) is 22.4. The van der Waals surface area contributed by atoms with E-state index in [0.717, 1.165) is 55.0 Å². The lowest BCUT2D eigenvalue weighted by atomic mass is 9.66. The first kappa shape index (κ1) is 28.0. The van der Waals surface area contributed by atoms with Crippen LogP contribution in [0.25, 0.3) is 11.0 Å². The van der Waals surface area contributed by atoms with Crippen LogP contribution in [0.1, 0.15) is 50.2 Å². The van der Waals surface area contributed by atoms with Gasteiger partial charge in [0.1, 0.15) is 16.1 Å². The van der Waals surface area contributed by atoms with Crippen LogP contribution in [0.5, 0.6) is 0 Å². The fourth-order valence-electron chi connectivity index (χ4n) is 6.35. The van der Waals surface area contributed by atoms with Gasteiger partial charge in [0.25, 0.3) is 0 Å². The number of rotatable bonds is 6. The van der Waals surface area contributed by atoms with E-state index in [0.29, 0.717) is 32.5 Å². The minimum atomic E-state index is -1.40. The number of pyridine rings is 1. The van der Waals surface area contributed by atoms with E-state index >= 15 is 0 Å². The van der Waals surface area contributed by atoms with Crippen LogP contribution >= 0.6 is 35.0 Å². The summed E-state index contributed by atoms with van der Waals surface area (Å²) in [6, 6.07) is 16.3. The number of halogens is 2. The standard InChI is InChI=1S/C29H32Cl2N6OS2/c1-28(2,40(33)38)16-19-18-7-4-3-6-17(18)15-29(19)10-12-37(13-11-29)23-14-21-25(26(32)35-23)36-27(34-21)39-22-9-5-8-20(30)24(22)31/h3-9,14,19H,10-13,15-16,33H2,1-2H3,(H2,32,35)(H,34,36)/t19-,40?/m1/s1. The molecule has 6 rings (SSSR count). The van der Waals surface area contributed by atoms with E-state index < -0.39 is 16.1 Å². The fourth-order valence-corrected chi connectivity index (χ4v) is 8.00. The summed E-state index contributed by atoms with van der Waals surface area (Å²) in [6.07, 6.45) is 3.85. The second kappa shape index (κ2) is 10.6. The second-order valence-corrected chi connectivity index (χ2v) is 15.0. The molecule has 11 heteroatoms. The van der Waals surface area contributed by atoms with Crippen molar-refractivity contribution in [1.82, 2.24) is 15.0 Å². The van der Waals surface area contributed by atoms with Crippen molar-refractivity contribution < 1.29 is 4.55 Å². The largest absolute Gasteiger partial charge is 0.598 e. The highest BCUT2D eigenvalue weighted by Gasteiger charge is 2.50. The van der Waals surface area contributed by atoms with Gasteiger partial charge in [-0.1, -0.05) is 65.3 Å². The number of nitrogen functional groups attached to an aromatic ring is 1. The number of nitrogens with one attached hydrogen (secondary N) is 1. The maximum atomic E-state index is 12.4. The van der Waals surface area contributed by atoms with Gasteiger partial charge in [-0.2, -0.15) is 5.14 Å². The Kier molecular flexibility index (Phi) is 7.42. The Hall–Kier alpha value is -2.14. The molecule has 2 atom stereocenters. The van der Waals surface area contributed by atoms with E-state index in [4.69, 9.17) is 44.0 Å². The van der Waals surface area contributed by atoms with Gasteiger partial charge in [-0.05, 0) is 67.7 Å². The number of imidazole rings is 1. The first-order chi connectivity index (χ1) is 19.1. The third kappa shape index (κ3) is 5.05. The number of aromatic nitrogens is 3. The minimum Gasteiger partial charge on any atom is -0.598 e. The van der Waals surface area contributed by atoms with Crippen molar-refractivity contribution in [2.75, 3.05) is 23.7 Å². The molecular formula is C29H32Cl2N6OS2. The lowest BCUT2D eigenvalue weighted by molar-refractivity contribution is 0.170. The molecule has 0 saturated carbocycles. The molecule has 1 saturated heterocycles. The van der Waals surface area contributed by atoms with E-state index in [2.05, 4.69) is 34.1 Å². The van der Waals surface area contributed by atoms with Crippen LogP contribution in [0.4, 0.5) is 11.6 Å². The Labute approximate surface area is 251 Å². The summed E-state index contributed by atoms with van der Waals surface area (Å²) in [7, 11) is 0. The summed E-state index contributed by atoms with van der Waals surface area (Å²) in [5.74, 6) is 1.57. The van der Waals surface area contributed by atoms with Crippen molar-refractivity contribution in [3.8, 4) is 0 Å². The molecule has 40 heavy (non-hydrogen) atoms. The molecule has 1 aliphatic carbocycles. The van der Waals surface area contributed by atoms with Crippen molar-refractivity contribution in [2.45, 2.75) is 60.2 Å². The van der Waals surface area contributed by atoms with Crippen LogP contribution in [0, 0.1) is 5.41 Å². The number of aromatic amines is 1. The molecule has 3 heterocycles. The zero-order chi connectivity index (χ0) is 28.2. The minimum absolute atomic E-state index is 0.110. The molecule has 210 valence electrons. The molecular weight excluding hydrogens is 583 g/mol. The Morgan fingerprint density at radius 3 is 2.65 bits per heavy atom. The highest BCUT2D eigenvalue weighted by Crippen LogP contribution is 2.56. The number of hydrogen-bond acceptors (Lipinski definition) is 7. The summed E-state index contributed by atoms with van der Waals surface area (Å²) in [5.41, 5.74) is 10.8. The quantitative estimate of drug-likeness (QED) is 0.206. The van der Waals surface area contributed by atoms with Gasteiger partial charge in [-0.3, -0.25) is 0 Å². The number of piperidine rings is 1. The molecule has 1 spiro atoms. The van der Waals surface area contributed by atoms with Crippen LogP contribution in [-0.4, -0.2) is 37.3 Å². The second-order valence-electron chi connectivity index (χ2n) is 11.5. The van der Waals surface area contributed by atoms with Gasteiger partial charge in [0.15, 0.2) is 11.0 Å². The number of H-pyrrole nitrogens is 1. The van der Waals surface area contributed by atoms with Crippen LogP contribution in [-0.2, 0) is 17.8 Å². The molecule has 4 aromatic rings. The van der Waals surface area contributed by atoms with Crippen molar-refractivity contribution in [3.05, 3.63) is 69.7 Å². The van der Waals surface area contributed by atoms with Crippen molar-refractivity contribution >= 4 is 69.0 Å². The molecule has 0 radical (unpaired) electrons. The van der Waals surface area contributed by atoms with E-state index in [1.165, 1.54) is 22.9 Å². The van der Waals surface area contributed by atoms with Gasteiger partial charge in [-0.25, -0.2) is 9.97 Å². The smallest absolute Gasteiger partial charge is 0.171 e. The van der Waals surface area contributed by atoms with Gasteiger partial charge < -0.3 is 20.2 Å². The highest BCUT2D eigenvalue weighted by atomic mass is 35.5. The van der Waals surface area contributed by atoms with E-state index in [1.807, 2.05) is 32.0 Å². The normalized spacial score (nSPS) is 19.4. The number of nitrogens with zero attached hydrogens (tertiary/aromatic N) is 3. The number of nitrogens with two attached hydrogens (primary N) is 2. The molecule has 2 aliphatic rings. The molecule has 1 fully saturated rings. The molecule has 0 amide bonds. The summed E-state index contributed by atoms with van der Waals surface area (Å²) in [6.45, 7) is 5.76. The number of fused-ring (bicyclic) bond motifs is 2. The highest BCUT2D eigenvalue weighted by molar-refractivity contribution is 7.99. The summed E-state index contributed by atoms with van der Waals surface area (Å²) >= 11 is 12.6. The monoisotopic (exact) mass is 614 g/mol. The van der Waals surface area contributed by atoms with E-state index in [-0.39, 0.29) is 5.41 Å². The maximum Gasteiger partial charge on any atom is 0.171 e. The Morgan fingerprint density at radius 1 is 1.15 bits per heavy atom. The average Bonchev–Trinajstić information content (AvgIpc) is 3.46. The molecule has 5 N–H and O–H groups in total. The SMILES string of the molecule is CC(C)(C[C@@H]1c2ccccc2CC12CCN(c1cc3nc(Sc4cccc(Cl)c4Cl)[nH]c3c(N)n1)CC2)[S+](N)[O-]. The third-order valence-corrected chi connectivity index (χ3v) is 11.8. The Morgan fingerprint density at radius 2 is 1.90 bits per heavy atom. The lowest BCUT2D eigenvalue weighted by Crippen LogP contribution is -2.46. The summed E-state index contributed by atoms with van der Waals surface area (Å²) < 4.78 is 11.9. The molecule has 0 bridgehead atoms. The Bertz CT molecular complexity index is 1570. The third-order valence-electron chi connectivity index (χ3n) is 8.63. The molecule has 2 aromatic carbocycles. The van der Waals surface area contributed by atoms with Gasteiger partial charge in [-0.15, -0.1) is 0 Å². The number of anilines is 2. The number of benzene rings is 2. The number of hydrogen-bond donors (Lipinski definition) is 3. The first-order valence-corrected chi connectivity index (χ1v) is 16.1. The van der Waals surface area contributed by atoms with Gasteiger partial charge in [0.05, 0.1) is 15.6 Å². The van der Waals surface area contributed by atoms with E-state index in [1.54, 1.807) is 6.07 Å². The molecule has 2 aromatic heterocycles. The first-order valence-electron chi connectivity index (χ1n) is 13.3. The average molecular weight is 616 g/mol. The van der Waals surface area contributed by atoms with Crippen molar-refractivity contribution in [2.24, 2.45) is 10.6 Å². The summed E-state index contributed by atoms with van der Waals surface area (Å²) in [4.78, 5) is 15.9. The van der Waals surface area contributed by atoms with E-state index in [9.17, 15) is 4.55 Å². The molecule has 1 unspecified atom stereocenters. The van der Waals surface area contributed by atoms with Crippen LogP contribution in [0.15, 0.2) is 58.6 Å². The molecule has 1 aliphatic heterocycles. The van der Waals surface area contributed by atoms with Gasteiger partial charge in [0, 0.05) is 41.8 Å². The summed E-state index contributed by atoms with van der Waals surface area (Å²) in [5, 5.41) is 7.60. The van der Waals surface area contributed by atoms with Crippen molar-refractivity contribution in [1.29, 1.82) is 0 Å². The zero-order valence-corrected chi connectivity index (χ0v) is 25.6.